The van der Waals surface area contributed by atoms with E-state index in [1.54, 1.807) is 35.4 Å². The summed E-state index contributed by atoms with van der Waals surface area (Å²) in [6.45, 7) is 3.08. The first-order valence-electron chi connectivity index (χ1n) is 8.79. The fraction of sp³-hybridized carbons (Fsp3) is 0.368. The first-order valence-corrected chi connectivity index (χ1v) is 9.55. The molecule has 1 amide bonds. The number of hydrogen-bond acceptors (Lipinski definition) is 5. The van der Waals surface area contributed by atoms with Gasteiger partial charge in [-0.1, -0.05) is 29.3 Å². The number of benzene rings is 1. The molecule has 0 spiro atoms. The summed E-state index contributed by atoms with van der Waals surface area (Å²) in [7, 11) is 1.36. The van der Waals surface area contributed by atoms with Gasteiger partial charge in [-0.05, 0) is 23.8 Å². The van der Waals surface area contributed by atoms with Gasteiger partial charge in [-0.15, -0.1) is 0 Å². The zero-order valence-corrected chi connectivity index (χ0v) is 16.9. The third kappa shape index (κ3) is 4.60. The normalized spacial score (nSPS) is 14.9. The SMILES string of the molecule is COC(=O)N1CCN(Cc2ccn(Cc3ccc(Cl)c(Cl)c3)c(=O)c2O)CC1. The molecule has 0 bridgehead atoms. The summed E-state index contributed by atoms with van der Waals surface area (Å²) in [5.74, 6) is -0.266. The van der Waals surface area contributed by atoms with E-state index in [0.29, 0.717) is 48.3 Å². The lowest BCUT2D eigenvalue weighted by molar-refractivity contribution is 0.0885. The van der Waals surface area contributed by atoms with Crippen LogP contribution in [0, 0.1) is 0 Å². The molecular formula is C19H21Cl2N3O4. The van der Waals surface area contributed by atoms with Gasteiger partial charge in [-0.2, -0.15) is 0 Å². The average Bonchev–Trinajstić information content (AvgIpc) is 2.70. The Hall–Kier alpha value is -2.22. The lowest BCUT2D eigenvalue weighted by atomic mass is 10.2. The summed E-state index contributed by atoms with van der Waals surface area (Å²) in [6, 6.07) is 6.89. The molecule has 7 nitrogen and oxygen atoms in total. The van der Waals surface area contributed by atoms with Gasteiger partial charge in [0, 0.05) is 44.5 Å². The van der Waals surface area contributed by atoms with E-state index in [9.17, 15) is 14.7 Å². The molecule has 3 rings (SSSR count). The highest BCUT2D eigenvalue weighted by atomic mass is 35.5. The number of nitrogens with zero attached hydrogens (tertiary/aromatic N) is 3. The van der Waals surface area contributed by atoms with Gasteiger partial charge in [0.15, 0.2) is 5.75 Å². The van der Waals surface area contributed by atoms with E-state index in [-0.39, 0.29) is 18.4 Å². The van der Waals surface area contributed by atoms with Crippen molar-refractivity contribution in [3.05, 3.63) is 62.0 Å². The number of carbonyl (C=O) groups excluding carboxylic acids is 1. The fourth-order valence-corrected chi connectivity index (χ4v) is 3.47. The van der Waals surface area contributed by atoms with Crippen molar-refractivity contribution in [2.45, 2.75) is 13.1 Å². The zero-order valence-electron chi connectivity index (χ0n) is 15.4. The third-order valence-electron chi connectivity index (χ3n) is 4.76. The summed E-state index contributed by atoms with van der Waals surface area (Å²) in [4.78, 5) is 27.8. The molecule has 0 unspecified atom stereocenters. The van der Waals surface area contributed by atoms with Crippen molar-refractivity contribution < 1.29 is 14.6 Å². The number of aromatic nitrogens is 1. The molecular weight excluding hydrogens is 405 g/mol. The number of hydrogen-bond donors (Lipinski definition) is 1. The second-order valence-electron chi connectivity index (χ2n) is 6.60. The Morgan fingerprint density at radius 3 is 2.46 bits per heavy atom. The quantitative estimate of drug-likeness (QED) is 0.814. The molecule has 2 heterocycles. The van der Waals surface area contributed by atoms with Gasteiger partial charge in [0.2, 0.25) is 0 Å². The van der Waals surface area contributed by atoms with E-state index < -0.39 is 5.56 Å². The summed E-state index contributed by atoms with van der Waals surface area (Å²) >= 11 is 11.9. The van der Waals surface area contributed by atoms with Crippen LogP contribution in [-0.2, 0) is 17.8 Å². The average molecular weight is 426 g/mol. The van der Waals surface area contributed by atoms with Crippen molar-refractivity contribution in [3.63, 3.8) is 0 Å². The molecule has 1 saturated heterocycles. The topological polar surface area (TPSA) is 75.0 Å². The zero-order chi connectivity index (χ0) is 20.3. The highest BCUT2D eigenvalue weighted by Crippen LogP contribution is 2.23. The fourth-order valence-electron chi connectivity index (χ4n) is 3.15. The number of amides is 1. The third-order valence-corrected chi connectivity index (χ3v) is 5.50. The number of carbonyl (C=O) groups is 1. The Morgan fingerprint density at radius 1 is 1.11 bits per heavy atom. The van der Waals surface area contributed by atoms with Crippen molar-refractivity contribution in [2.75, 3.05) is 33.3 Å². The second kappa shape index (κ2) is 8.86. The van der Waals surface area contributed by atoms with E-state index in [1.807, 2.05) is 0 Å². The number of methoxy groups -OCH3 is 1. The maximum absolute atomic E-state index is 12.5. The van der Waals surface area contributed by atoms with Crippen molar-refractivity contribution >= 4 is 29.3 Å². The van der Waals surface area contributed by atoms with Crippen LogP contribution in [0.3, 0.4) is 0 Å². The molecule has 1 aliphatic heterocycles. The molecule has 28 heavy (non-hydrogen) atoms. The van der Waals surface area contributed by atoms with Gasteiger partial charge in [0.25, 0.3) is 5.56 Å². The van der Waals surface area contributed by atoms with Crippen LogP contribution in [0.15, 0.2) is 35.3 Å². The molecule has 1 aliphatic rings. The predicted octanol–water partition coefficient (Wildman–Crippen LogP) is 2.79. The minimum absolute atomic E-state index is 0.266. The summed E-state index contributed by atoms with van der Waals surface area (Å²) in [6.07, 6.45) is 1.32. The first kappa shape index (κ1) is 20.5. The van der Waals surface area contributed by atoms with Crippen LogP contribution in [0.5, 0.6) is 5.75 Å². The van der Waals surface area contributed by atoms with Crippen LogP contribution in [0.2, 0.25) is 10.0 Å². The molecule has 0 saturated carbocycles. The van der Waals surface area contributed by atoms with Crippen LogP contribution < -0.4 is 5.56 Å². The number of pyridine rings is 1. The molecule has 150 valence electrons. The van der Waals surface area contributed by atoms with Crippen LogP contribution in [0.25, 0.3) is 0 Å². The standard InChI is InChI=1S/C19H21Cl2N3O4/c1-28-19(27)23-8-6-22(7-9-23)12-14-4-5-24(18(26)17(14)25)11-13-2-3-15(20)16(21)10-13/h2-5,10,25H,6-9,11-12H2,1H3. The smallest absolute Gasteiger partial charge is 0.409 e. The van der Waals surface area contributed by atoms with E-state index in [4.69, 9.17) is 27.9 Å². The molecule has 2 aromatic rings. The monoisotopic (exact) mass is 425 g/mol. The van der Waals surface area contributed by atoms with Gasteiger partial charge in [-0.25, -0.2) is 4.79 Å². The van der Waals surface area contributed by atoms with Gasteiger partial charge >= 0.3 is 6.09 Å². The van der Waals surface area contributed by atoms with Crippen LogP contribution in [0.1, 0.15) is 11.1 Å². The van der Waals surface area contributed by atoms with Gasteiger partial charge in [0.05, 0.1) is 23.7 Å². The minimum Gasteiger partial charge on any atom is -0.503 e. The predicted molar refractivity (Wildman–Crippen MR) is 107 cm³/mol. The van der Waals surface area contributed by atoms with Crippen molar-refractivity contribution in [1.82, 2.24) is 14.4 Å². The Morgan fingerprint density at radius 2 is 1.82 bits per heavy atom. The van der Waals surface area contributed by atoms with Crippen molar-refractivity contribution in [2.24, 2.45) is 0 Å². The van der Waals surface area contributed by atoms with Crippen molar-refractivity contribution in [3.8, 4) is 5.75 Å². The number of rotatable bonds is 4. The maximum atomic E-state index is 12.5. The summed E-state index contributed by atoms with van der Waals surface area (Å²) in [5.41, 5.74) is 0.904. The van der Waals surface area contributed by atoms with E-state index in [0.717, 1.165) is 5.56 Å². The van der Waals surface area contributed by atoms with Gasteiger partial charge in [-0.3, -0.25) is 9.69 Å². The molecule has 1 fully saturated rings. The Bertz CT molecular complexity index is 924. The number of halogens is 2. The van der Waals surface area contributed by atoms with Gasteiger partial charge < -0.3 is 19.3 Å². The molecule has 0 aliphatic carbocycles. The lowest BCUT2D eigenvalue weighted by Gasteiger charge is -2.33. The van der Waals surface area contributed by atoms with Gasteiger partial charge in [0.1, 0.15) is 0 Å². The molecule has 1 aromatic carbocycles. The molecule has 9 heteroatoms. The molecule has 1 N–H and O–H groups in total. The Labute approximate surface area is 172 Å². The highest BCUT2D eigenvalue weighted by Gasteiger charge is 2.22. The largest absolute Gasteiger partial charge is 0.503 e. The minimum atomic E-state index is -0.461. The Kier molecular flexibility index (Phi) is 6.49. The van der Waals surface area contributed by atoms with E-state index >= 15 is 0 Å². The molecule has 0 radical (unpaired) electrons. The lowest BCUT2D eigenvalue weighted by Crippen LogP contribution is -2.48. The number of piperazine rings is 1. The molecule has 1 aromatic heterocycles. The van der Waals surface area contributed by atoms with E-state index in [2.05, 4.69) is 4.90 Å². The number of aromatic hydroxyl groups is 1. The van der Waals surface area contributed by atoms with E-state index in [1.165, 1.54) is 11.7 Å². The second-order valence-corrected chi connectivity index (χ2v) is 7.42. The summed E-state index contributed by atoms with van der Waals surface area (Å²) in [5, 5.41) is 11.2. The Balaban J connectivity index is 1.68. The highest BCUT2D eigenvalue weighted by molar-refractivity contribution is 6.42. The van der Waals surface area contributed by atoms with Crippen LogP contribution in [0.4, 0.5) is 4.79 Å². The van der Waals surface area contributed by atoms with Crippen LogP contribution in [-0.4, -0.2) is 58.9 Å². The molecule has 0 atom stereocenters. The summed E-state index contributed by atoms with van der Waals surface area (Å²) < 4.78 is 6.15. The maximum Gasteiger partial charge on any atom is 0.409 e. The number of ether oxygens (including phenoxy) is 1. The van der Waals surface area contributed by atoms with Crippen LogP contribution >= 0.6 is 23.2 Å². The first-order chi connectivity index (χ1) is 13.4. The van der Waals surface area contributed by atoms with Crippen molar-refractivity contribution in [1.29, 1.82) is 0 Å².